The number of hydrogen-bond donors (Lipinski definition) is 2. The summed E-state index contributed by atoms with van der Waals surface area (Å²) in [4.78, 5) is 34.4. The Bertz CT molecular complexity index is 1350. The van der Waals surface area contributed by atoms with Gasteiger partial charge in [-0.3, -0.25) is 4.79 Å². The van der Waals surface area contributed by atoms with Crippen LogP contribution in [0.15, 0.2) is 59.6 Å². The maximum atomic E-state index is 13.6. The average molecular weight is 545 g/mol. The number of halogens is 3. The van der Waals surface area contributed by atoms with Crippen molar-refractivity contribution in [3.05, 3.63) is 71.3 Å². The number of carbonyl (C=O) groups is 2. The highest BCUT2D eigenvalue weighted by atomic mass is 32.2. The Morgan fingerprint density at radius 2 is 1.87 bits per heavy atom. The molecule has 0 saturated carbocycles. The van der Waals surface area contributed by atoms with Crippen molar-refractivity contribution in [2.75, 3.05) is 16.9 Å². The van der Waals surface area contributed by atoms with Crippen molar-refractivity contribution in [2.24, 2.45) is 5.73 Å². The highest BCUT2D eigenvalue weighted by molar-refractivity contribution is 7.98. The lowest BCUT2D eigenvalue weighted by molar-refractivity contribution is -0.146. The number of nitrogens with two attached hydrogens (primary N) is 2. The third kappa shape index (κ3) is 6.92. The third-order valence-corrected chi connectivity index (χ3v) is 6.01. The summed E-state index contributed by atoms with van der Waals surface area (Å²) in [5, 5.41) is 10.1. The van der Waals surface area contributed by atoms with Gasteiger partial charge in [-0.15, -0.1) is 11.8 Å². The van der Waals surface area contributed by atoms with Crippen molar-refractivity contribution >= 4 is 41.1 Å². The van der Waals surface area contributed by atoms with Gasteiger partial charge in [0.25, 0.3) is 0 Å². The Morgan fingerprint density at radius 1 is 1.16 bits per heavy atom. The highest BCUT2D eigenvalue weighted by Gasteiger charge is 2.36. The van der Waals surface area contributed by atoms with Crippen LogP contribution in [0.2, 0.25) is 0 Å². The second-order valence-electron chi connectivity index (χ2n) is 7.93. The van der Waals surface area contributed by atoms with Crippen LogP contribution in [-0.2, 0) is 27.1 Å². The molecule has 0 unspecified atom stereocenters. The fourth-order valence-electron chi connectivity index (χ4n) is 3.60. The molecule has 0 aliphatic heterocycles. The first-order valence-electron chi connectivity index (χ1n) is 11.1. The van der Waals surface area contributed by atoms with Crippen LogP contribution >= 0.6 is 11.8 Å². The lowest BCUT2D eigenvalue weighted by Gasteiger charge is -2.32. The van der Waals surface area contributed by atoms with Gasteiger partial charge in [-0.1, -0.05) is 36.4 Å². The van der Waals surface area contributed by atoms with Gasteiger partial charge in [0.2, 0.25) is 11.9 Å². The lowest BCUT2D eigenvalue weighted by Crippen LogP contribution is -2.41. The number of alkyl halides is 3. The second-order valence-corrected chi connectivity index (χ2v) is 8.73. The van der Waals surface area contributed by atoms with Gasteiger partial charge < -0.3 is 21.1 Å². The summed E-state index contributed by atoms with van der Waals surface area (Å²) in [6.45, 7) is -0.143. The summed E-state index contributed by atoms with van der Waals surface area (Å²) < 4.78 is 46.3. The molecule has 1 amide bonds. The van der Waals surface area contributed by atoms with Gasteiger partial charge in [0, 0.05) is 12.1 Å². The smallest absolute Gasteiger partial charge is 0.416 e. The Balaban J connectivity index is 2.20. The van der Waals surface area contributed by atoms with Gasteiger partial charge in [0.15, 0.2) is 5.82 Å². The van der Waals surface area contributed by atoms with E-state index in [0.717, 1.165) is 34.9 Å². The normalized spacial score (nSPS) is 11.9. The molecule has 38 heavy (non-hydrogen) atoms. The Hall–Kier alpha value is -4.31. The van der Waals surface area contributed by atoms with Gasteiger partial charge in [0.05, 0.1) is 5.56 Å². The predicted octanol–water partition coefficient (Wildman–Crippen LogP) is 4.19. The first kappa shape index (κ1) is 28.3. The molecule has 1 aromatic heterocycles. The summed E-state index contributed by atoms with van der Waals surface area (Å²) in [5.74, 6) is -2.11. The molecule has 1 atom stereocenters. The zero-order valence-electron chi connectivity index (χ0n) is 20.1. The molecule has 9 nitrogen and oxygen atoms in total. The number of amides is 1. The maximum Gasteiger partial charge on any atom is 0.416 e. The van der Waals surface area contributed by atoms with Crippen molar-refractivity contribution in [3.63, 3.8) is 0 Å². The summed E-state index contributed by atoms with van der Waals surface area (Å²) >= 11 is 1.06. The van der Waals surface area contributed by atoms with E-state index in [1.54, 1.807) is 36.6 Å². The molecule has 0 aliphatic carbocycles. The standard InChI is InChI=1S/C25H23F3N6O3S/c1-38-22-18(13-29)21(32-24(31)33-22)34(17-9-5-8-16(12-17)25(26,27)28)19(10-11-20(30)35)23(36)37-14-15-6-3-2-4-7-15/h2-9,12,19H,10-11,14H2,1H3,(H2,30,35)(H2,31,32,33)/t19-/m0/s1. The molecular formula is C25H23F3N6O3S. The monoisotopic (exact) mass is 544 g/mol. The number of benzene rings is 2. The number of nitriles is 1. The zero-order valence-corrected chi connectivity index (χ0v) is 20.9. The van der Waals surface area contributed by atoms with Gasteiger partial charge in [-0.25, -0.2) is 9.78 Å². The average Bonchev–Trinajstić information content (AvgIpc) is 2.89. The Labute approximate surface area is 220 Å². The molecule has 13 heteroatoms. The van der Waals surface area contributed by atoms with E-state index in [4.69, 9.17) is 16.2 Å². The predicted molar refractivity (Wildman–Crippen MR) is 135 cm³/mol. The van der Waals surface area contributed by atoms with Crippen LogP contribution < -0.4 is 16.4 Å². The van der Waals surface area contributed by atoms with Crippen LogP contribution in [-0.4, -0.2) is 34.1 Å². The van der Waals surface area contributed by atoms with E-state index < -0.39 is 29.7 Å². The molecule has 0 spiro atoms. The first-order chi connectivity index (χ1) is 18.0. The van der Waals surface area contributed by atoms with Crippen molar-refractivity contribution in [1.29, 1.82) is 5.26 Å². The largest absolute Gasteiger partial charge is 0.459 e. The van der Waals surface area contributed by atoms with Crippen molar-refractivity contribution in [1.82, 2.24) is 9.97 Å². The molecule has 0 bridgehead atoms. The molecule has 3 rings (SSSR count). The van der Waals surface area contributed by atoms with Crippen molar-refractivity contribution in [2.45, 2.75) is 36.7 Å². The molecule has 198 valence electrons. The first-order valence-corrected chi connectivity index (χ1v) is 12.3. The number of carbonyl (C=O) groups excluding carboxylic acids is 2. The highest BCUT2D eigenvalue weighted by Crippen LogP contribution is 2.38. The number of rotatable bonds is 10. The second kappa shape index (κ2) is 12.3. The number of ether oxygens (including phenoxy) is 1. The fraction of sp³-hybridized carbons (Fsp3) is 0.240. The minimum absolute atomic E-state index is 0.121. The minimum Gasteiger partial charge on any atom is -0.459 e. The number of nitrogens with zero attached hydrogens (tertiary/aromatic N) is 4. The molecule has 0 radical (unpaired) electrons. The Kier molecular flexibility index (Phi) is 9.14. The van der Waals surface area contributed by atoms with Crippen LogP contribution in [0.25, 0.3) is 0 Å². The van der Waals surface area contributed by atoms with Crippen molar-refractivity contribution < 1.29 is 27.5 Å². The van der Waals surface area contributed by atoms with E-state index >= 15 is 0 Å². The fourth-order valence-corrected chi connectivity index (χ4v) is 4.13. The van der Waals surface area contributed by atoms with E-state index in [2.05, 4.69) is 9.97 Å². The molecule has 2 aromatic carbocycles. The van der Waals surface area contributed by atoms with E-state index in [0.29, 0.717) is 5.56 Å². The van der Waals surface area contributed by atoms with Crippen LogP contribution in [0.4, 0.5) is 30.6 Å². The number of thioether (sulfide) groups is 1. The number of esters is 1. The summed E-state index contributed by atoms with van der Waals surface area (Å²) in [6.07, 6.45) is -3.63. The van der Waals surface area contributed by atoms with E-state index in [1.165, 1.54) is 6.07 Å². The maximum absolute atomic E-state index is 13.6. The van der Waals surface area contributed by atoms with E-state index in [1.807, 2.05) is 6.07 Å². The molecule has 1 heterocycles. The molecule has 3 aromatic rings. The molecular weight excluding hydrogens is 521 g/mol. The van der Waals surface area contributed by atoms with Gasteiger partial charge in [-0.05, 0) is 36.4 Å². The van der Waals surface area contributed by atoms with Crippen LogP contribution in [0.5, 0.6) is 0 Å². The molecule has 4 N–H and O–H groups in total. The number of nitrogen functional groups attached to an aromatic ring is 1. The summed E-state index contributed by atoms with van der Waals surface area (Å²) in [5.41, 5.74) is 10.6. The Morgan fingerprint density at radius 3 is 2.47 bits per heavy atom. The lowest BCUT2D eigenvalue weighted by atomic mass is 10.1. The quantitative estimate of drug-likeness (QED) is 0.218. The van der Waals surface area contributed by atoms with Crippen LogP contribution in [0.3, 0.4) is 0 Å². The van der Waals surface area contributed by atoms with E-state index in [9.17, 15) is 28.0 Å². The summed E-state index contributed by atoms with van der Waals surface area (Å²) in [7, 11) is 0. The number of anilines is 3. The molecule has 0 saturated heterocycles. The van der Waals surface area contributed by atoms with Crippen LogP contribution in [0, 0.1) is 11.3 Å². The zero-order chi connectivity index (χ0) is 27.9. The summed E-state index contributed by atoms with van der Waals surface area (Å²) in [6, 6.07) is 13.4. The third-order valence-electron chi connectivity index (χ3n) is 5.33. The minimum atomic E-state index is -4.70. The molecule has 0 fully saturated rings. The number of aromatic nitrogens is 2. The van der Waals surface area contributed by atoms with Gasteiger partial charge in [0.1, 0.15) is 29.3 Å². The number of hydrogen-bond acceptors (Lipinski definition) is 9. The van der Waals surface area contributed by atoms with Gasteiger partial charge in [-0.2, -0.15) is 23.4 Å². The van der Waals surface area contributed by atoms with Gasteiger partial charge >= 0.3 is 12.1 Å². The van der Waals surface area contributed by atoms with Crippen molar-refractivity contribution in [3.8, 4) is 6.07 Å². The SMILES string of the molecule is CSc1nc(N)nc(N(c2cccc(C(F)(F)F)c2)[C@@H](CCC(N)=O)C(=O)OCc2ccccc2)c1C#N. The van der Waals surface area contributed by atoms with E-state index in [-0.39, 0.29) is 47.5 Å². The number of primary amides is 1. The van der Waals surface area contributed by atoms with Crippen LogP contribution in [0.1, 0.15) is 29.5 Å². The topological polar surface area (TPSA) is 148 Å². The molecule has 0 aliphatic rings.